The average Bonchev–Trinajstić information content (AvgIpc) is 2.54. The molecule has 0 atom stereocenters. The van der Waals surface area contributed by atoms with E-state index in [0.717, 1.165) is 0 Å². The topological polar surface area (TPSA) is 87.7 Å². The Bertz CT molecular complexity index is 556. The van der Waals surface area contributed by atoms with Crippen LogP contribution in [0, 0.1) is 0 Å². The smallest absolute Gasteiger partial charge is 0.409 e. The molecule has 0 aromatic carbocycles. The number of piperazine rings is 1. The quantitative estimate of drug-likeness (QED) is 0.897. The highest BCUT2D eigenvalue weighted by molar-refractivity contribution is 5.92. The van der Waals surface area contributed by atoms with E-state index in [-0.39, 0.29) is 18.0 Å². The molecule has 0 unspecified atom stereocenters. The van der Waals surface area contributed by atoms with Crippen molar-refractivity contribution in [2.45, 2.75) is 26.8 Å². The highest BCUT2D eigenvalue weighted by Gasteiger charge is 2.26. The molecule has 1 aliphatic rings. The number of nitrogens with one attached hydrogen (secondary N) is 1. The first-order valence-corrected chi connectivity index (χ1v) is 7.81. The summed E-state index contributed by atoms with van der Waals surface area (Å²) in [5.74, 6) is 0.290. The summed E-state index contributed by atoms with van der Waals surface area (Å²) in [5, 5.41) is 3.08. The van der Waals surface area contributed by atoms with Gasteiger partial charge in [-0.15, -0.1) is 0 Å². The molecule has 2 amide bonds. The van der Waals surface area contributed by atoms with Crippen molar-refractivity contribution in [1.29, 1.82) is 0 Å². The van der Waals surface area contributed by atoms with Crippen LogP contribution in [0.2, 0.25) is 0 Å². The Morgan fingerprint density at radius 3 is 2.52 bits per heavy atom. The molecule has 0 aliphatic carbocycles. The summed E-state index contributed by atoms with van der Waals surface area (Å²) < 4.78 is 4.97. The number of aromatic nitrogens is 2. The lowest BCUT2D eigenvalue weighted by Gasteiger charge is -2.33. The summed E-state index contributed by atoms with van der Waals surface area (Å²) in [6.45, 7) is 7.95. The van der Waals surface area contributed by atoms with Crippen LogP contribution in [0.15, 0.2) is 12.3 Å². The van der Waals surface area contributed by atoms with Crippen LogP contribution in [-0.4, -0.2) is 70.6 Å². The van der Waals surface area contributed by atoms with Gasteiger partial charge in [0.25, 0.3) is 5.91 Å². The molecule has 1 aromatic rings. The number of nitrogens with zero attached hydrogens (tertiary/aromatic N) is 4. The van der Waals surface area contributed by atoms with Crippen LogP contribution >= 0.6 is 0 Å². The third kappa shape index (κ3) is 4.54. The minimum Gasteiger partial charge on any atom is -0.450 e. The van der Waals surface area contributed by atoms with Gasteiger partial charge in [0.1, 0.15) is 5.69 Å². The fourth-order valence-corrected chi connectivity index (χ4v) is 2.27. The van der Waals surface area contributed by atoms with E-state index in [9.17, 15) is 9.59 Å². The van der Waals surface area contributed by atoms with Crippen LogP contribution < -0.4 is 5.32 Å². The molecule has 0 saturated carbocycles. The zero-order valence-electron chi connectivity index (χ0n) is 13.8. The molecule has 2 rings (SSSR count). The minimum atomic E-state index is -0.329. The normalized spacial score (nSPS) is 14.8. The maximum absolute atomic E-state index is 12.5. The highest BCUT2D eigenvalue weighted by Crippen LogP contribution is 2.10. The summed E-state index contributed by atoms with van der Waals surface area (Å²) >= 11 is 0. The highest BCUT2D eigenvalue weighted by atomic mass is 16.6. The largest absolute Gasteiger partial charge is 0.450 e. The molecule has 1 fully saturated rings. The lowest BCUT2D eigenvalue weighted by Crippen LogP contribution is -2.50. The molecule has 8 nitrogen and oxygen atoms in total. The maximum Gasteiger partial charge on any atom is 0.409 e. The van der Waals surface area contributed by atoms with Crippen molar-refractivity contribution in [3.63, 3.8) is 0 Å². The number of carbonyl (C=O) groups excluding carboxylic acids is 2. The number of amides is 2. The molecule has 1 saturated heterocycles. The van der Waals surface area contributed by atoms with E-state index < -0.39 is 0 Å². The van der Waals surface area contributed by atoms with Gasteiger partial charge >= 0.3 is 6.09 Å². The summed E-state index contributed by atoms with van der Waals surface area (Å²) in [6.07, 6.45) is 1.24. The van der Waals surface area contributed by atoms with Gasteiger partial charge in [0, 0.05) is 38.4 Å². The van der Waals surface area contributed by atoms with Crippen LogP contribution in [0.1, 0.15) is 31.3 Å². The summed E-state index contributed by atoms with van der Waals surface area (Å²) in [4.78, 5) is 35.8. The third-order valence-electron chi connectivity index (χ3n) is 3.39. The Kier molecular flexibility index (Phi) is 5.72. The first kappa shape index (κ1) is 17.0. The lowest BCUT2D eigenvalue weighted by atomic mass is 10.3. The standard InChI is InChI=1S/C15H23N5O3/c1-4-23-15(22)20-9-7-19(8-10-20)13(21)12-5-6-16-14(18-12)17-11(2)3/h5-6,11H,4,7-10H2,1-3H3,(H,16,17,18). The second-order valence-electron chi connectivity index (χ2n) is 5.54. The molecule has 126 valence electrons. The fourth-order valence-electron chi connectivity index (χ4n) is 2.27. The second kappa shape index (κ2) is 7.75. The molecule has 1 aliphatic heterocycles. The molecule has 0 spiro atoms. The van der Waals surface area contributed by atoms with Gasteiger partial charge in [0.15, 0.2) is 0 Å². The zero-order valence-corrected chi connectivity index (χ0v) is 13.8. The summed E-state index contributed by atoms with van der Waals surface area (Å²) in [6, 6.07) is 1.79. The Morgan fingerprint density at radius 2 is 1.91 bits per heavy atom. The van der Waals surface area contributed by atoms with Gasteiger partial charge in [-0.2, -0.15) is 0 Å². The number of ether oxygens (including phenoxy) is 1. The fraction of sp³-hybridized carbons (Fsp3) is 0.600. The van der Waals surface area contributed by atoms with E-state index in [4.69, 9.17) is 4.74 Å². The molecule has 8 heteroatoms. The molecule has 23 heavy (non-hydrogen) atoms. The van der Waals surface area contributed by atoms with Crippen molar-refractivity contribution in [3.05, 3.63) is 18.0 Å². The Labute approximate surface area is 135 Å². The molecule has 2 heterocycles. The number of rotatable bonds is 4. The first-order chi connectivity index (χ1) is 11.0. The molecule has 1 aromatic heterocycles. The number of hydrogen-bond acceptors (Lipinski definition) is 6. The third-order valence-corrected chi connectivity index (χ3v) is 3.39. The van der Waals surface area contributed by atoms with Crippen molar-refractivity contribution in [3.8, 4) is 0 Å². The lowest BCUT2D eigenvalue weighted by molar-refractivity contribution is 0.0566. The molecule has 1 N–H and O–H groups in total. The summed E-state index contributed by atoms with van der Waals surface area (Å²) in [5.41, 5.74) is 0.354. The maximum atomic E-state index is 12.5. The van der Waals surface area contributed by atoms with E-state index in [2.05, 4.69) is 15.3 Å². The summed E-state index contributed by atoms with van der Waals surface area (Å²) in [7, 11) is 0. The van der Waals surface area contributed by atoms with Crippen LogP contribution in [0.25, 0.3) is 0 Å². The number of carbonyl (C=O) groups is 2. The van der Waals surface area contributed by atoms with Crippen LogP contribution in [-0.2, 0) is 4.74 Å². The van der Waals surface area contributed by atoms with Gasteiger partial charge in [-0.25, -0.2) is 14.8 Å². The van der Waals surface area contributed by atoms with Gasteiger partial charge in [0.05, 0.1) is 6.61 Å². The SMILES string of the molecule is CCOC(=O)N1CCN(C(=O)c2ccnc(NC(C)C)n2)CC1. The zero-order chi connectivity index (χ0) is 16.8. The van der Waals surface area contributed by atoms with Crippen molar-refractivity contribution < 1.29 is 14.3 Å². The number of hydrogen-bond donors (Lipinski definition) is 1. The predicted octanol–water partition coefficient (Wildman–Crippen LogP) is 1.21. The minimum absolute atomic E-state index is 0.150. The monoisotopic (exact) mass is 321 g/mol. The van der Waals surface area contributed by atoms with Crippen molar-refractivity contribution in [2.75, 3.05) is 38.1 Å². The van der Waals surface area contributed by atoms with E-state index in [1.54, 1.807) is 29.0 Å². The van der Waals surface area contributed by atoms with Crippen molar-refractivity contribution in [1.82, 2.24) is 19.8 Å². The average molecular weight is 321 g/mol. The molecular formula is C15H23N5O3. The van der Waals surface area contributed by atoms with Crippen LogP contribution in [0.5, 0.6) is 0 Å². The van der Waals surface area contributed by atoms with Gasteiger partial charge in [-0.05, 0) is 26.8 Å². The van der Waals surface area contributed by atoms with Crippen LogP contribution in [0.4, 0.5) is 10.7 Å². The van der Waals surface area contributed by atoms with E-state index in [1.807, 2.05) is 13.8 Å². The van der Waals surface area contributed by atoms with E-state index >= 15 is 0 Å². The van der Waals surface area contributed by atoms with Gasteiger partial charge in [-0.3, -0.25) is 4.79 Å². The van der Waals surface area contributed by atoms with E-state index in [1.165, 1.54) is 0 Å². The Hall–Kier alpha value is -2.38. The van der Waals surface area contributed by atoms with Gasteiger partial charge in [0.2, 0.25) is 5.95 Å². The first-order valence-electron chi connectivity index (χ1n) is 7.81. The predicted molar refractivity (Wildman–Crippen MR) is 85.3 cm³/mol. The number of anilines is 1. The molecule has 0 bridgehead atoms. The van der Waals surface area contributed by atoms with Crippen molar-refractivity contribution >= 4 is 17.9 Å². The Balaban J connectivity index is 1.96. The van der Waals surface area contributed by atoms with Gasteiger partial charge < -0.3 is 19.9 Å². The second-order valence-corrected chi connectivity index (χ2v) is 5.54. The molecule has 0 radical (unpaired) electrons. The van der Waals surface area contributed by atoms with Crippen LogP contribution in [0.3, 0.4) is 0 Å². The Morgan fingerprint density at radius 1 is 1.26 bits per heavy atom. The molecular weight excluding hydrogens is 298 g/mol. The van der Waals surface area contributed by atoms with Crippen molar-refractivity contribution in [2.24, 2.45) is 0 Å². The van der Waals surface area contributed by atoms with E-state index in [0.29, 0.717) is 44.4 Å². The van der Waals surface area contributed by atoms with Gasteiger partial charge in [-0.1, -0.05) is 0 Å².